The molecule has 0 saturated carbocycles. The van der Waals surface area contributed by atoms with Crippen LogP contribution in [-0.4, -0.2) is 57.8 Å². The first-order chi connectivity index (χ1) is 11.1. The zero-order valence-electron chi connectivity index (χ0n) is 12.9. The van der Waals surface area contributed by atoms with E-state index in [4.69, 9.17) is 5.11 Å². The zero-order valence-corrected chi connectivity index (χ0v) is 12.9. The molecule has 0 bridgehead atoms. The van der Waals surface area contributed by atoms with E-state index in [1.54, 1.807) is 12.1 Å². The van der Waals surface area contributed by atoms with Gasteiger partial charge in [0.05, 0.1) is 17.1 Å². The first kappa shape index (κ1) is 18.0. The number of imidazole rings is 1. The van der Waals surface area contributed by atoms with E-state index in [1.807, 2.05) is 0 Å². The van der Waals surface area contributed by atoms with Crippen molar-refractivity contribution < 1.29 is 23.1 Å². The van der Waals surface area contributed by atoms with Crippen LogP contribution in [0.25, 0.3) is 11.0 Å². The maximum absolute atomic E-state index is 12.4. The Morgan fingerprint density at radius 3 is 2.58 bits per heavy atom. The second-order valence-electron chi connectivity index (χ2n) is 5.50. The minimum Gasteiger partial charge on any atom is -0.382 e. The van der Waals surface area contributed by atoms with Crippen LogP contribution in [0.15, 0.2) is 23.0 Å². The predicted molar refractivity (Wildman–Crippen MR) is 81.7 cm³/mol. The normalized spacial score (nSPS) is 14.8. The molecule has 1 heterocycles. The van der Waals surface area contributed by atoms with E-state index < -0.39 is 30.8 Å². The maximum atomic E-state index is 12.4. The molecule has 2 atom stereocenters. The van der Waals surface area contributed by atoms with Gasteiger partial charge in [0.15, 0.2) is 6.10 Å². The Bertz CT molecular complexity index is 783. The van der Waals surface area contributed by atoms with E-state index >= 15 is 0 Å². The average molecular weight is 346 g/mol. The first-order valence-electron chi connectivity index (χ1n) is 7.06. The largest absolute Gasteiger partial charge is 0.415 e. The molecule has 0 fully saturated rings. The molecule has 0 aliphatic heterocycles. The average Bonchev–Trinajstić information content (AvgIpc) is 2.84. The first-order valence-corrected chi connectivity index (χ1v) is 7.06. The number of aromatic nitrogens is 2. The van der Waals surface area contributed by atoms with Crippen molar-refractivity contribution in [3.63, 3.8) is 0 Å². The van der Waals surface area contributed by atoms with Crippen molar-refractivity contribution >= 4 is 22.6 Å². The molecule has 0 aliphatic rings. The van der Waals surface area contributed by atoms with Gasteiger partial charge in [-0.25, -0.2) is 4.79 Å². The number of aliphatic hydroxyl groups is 1. The number of benzene rings is 1. The summed E-state index contributed by atoms with van der Waals surface area (Å²) in [4.78, 5) is 29.5. The molecule has 1 aromatic heterocycles. The number of amides is 1. The summed E-state index contributed by atoms with van der Waals surface area (Å²) >= 11 is 0. The lowest BCUT2D eigenvalue weighted by atomic mass is 10.2. The summed E-state index contributed by atoms with van der Waals surface area (Å²) in [5, 5.41) is 11.6. The molecule has 10 heteroatoms. The van der Waals surface area contributed by atoms with Gasteiger partial charge in [-0.3, -0.25) is 9.69 Å². The van der Waals surface area contributed by atoms with Gasteiger partial charge in [-0.15, -0.1) is 0 Å². The van der Waals surface area contributed by atoms with Crippen LogP contribution in [0, 0.1) is 0 Å². The predicted octanol–water partition coefficient (Wildman–Crippen LogP) is 1.04. The molecule has 7 nitrogen and oxygen atoms in total. The number of carbonyl (C=O) groups is 1. The number of alkyl halides is 3. The second kappa shape index (κ2) is 6.65. The Hall–Kier alpha value is -2.33. The quantitative estimate of drug-likeness (QED) is 0.650. The van der Waals surface area contributed by atoms with Crippen LogP contribution in [0.3, 0.4) is 0 Å². The monoisotopic (exact) mass is 346 g/mol. The fourth-order valence-electron chi connectivity index (χ4n) is 2.09. The van der Waals surface area contributed by atoms with Crippen LogP contribution >= 0.6 is 0 Å². The van der Waals surface area contributed by atoms with E-state index in [0.717, 1.165) is 4.90 Å². The number of fused-ring (bicyclic) bond motifs is 1. The Morgan fingerprint density at radius 2 is 1.96 bits per heavy atom. The summed E-state index contributed by atoms with van der Waals surface area (Å²) in [5.74, 6) is -0.538. The molecule has 0 aliphatic carbocycles. The van der Waals surface area contributed by atoms with E-state index in [1.165, 1.54) is 20.0 Å². The summed E-state index contributed by atoms with van der Waals surface area (Å²) in [6.07, 6.45) is -7.27. The lowest BCUT2D eigenvalue weighted by Gasteiger charge is -2.27. The van der Waals surface area contributed by atoms with Crippen LogP contribution < -0.4 is 11.0 Å². The minimum atomic E-state index is -4.74. The minimum absolute atomic E-state index is 0.386. The summed E-state index contributed by atoms with van der Waals surface area (Å²) < 4.78 is 37.1. The molecule has 2 aromatic rings. The molecule has 132 valence electrons. The van der Waals surface area contributed by atoms with Crippen molar-refractivity contribution in [2.45, 2.75) is 25.2 Å². The number of anilines is 1. The number of nitrogens with one attached hydrogen (secondary N) is 3. The summed E-state index contributed by atoms with van der Waals surface area (Å²) in [6.45, 7) is 0.706. The van der Waals surface area contributed by atoms with Crippen LogP contribution in [0.4, 0.5) is 18.9 Å². The molecule has 0 saturated heterocycles. The molecule has 1 aromatic carbocycles. The van der Waals surface area contributed by atoms with Gasteiger partial charge in [0.2, 0.25) is 5.91 Å². The number of aromatic amines is 2. The van der Waals surface area contributed by atoms with Crippen molar-refractivity contribution in [3.8, 4) is 0 Å². The lowest BCUT2D eigenvalue weighted by molar-refractivity contribution is -0.208. The number of carbonyl (C=O) groups excluding carboxylic acids is 1. The second-order valence-corrected chi connectivity index (χ2v) is 5.50. The third kappa shape index (κ3) is 4.15. The Kier molecular flexibility index (Phi) is 4.99. The van der Waals surface area contributed by atoms with E-state index in [0.29, 0.717) is 16.7 Å². The third-order valence-corrected chi connectivity index (χ3v) is 3.66. The van der Waals surface area contributed by atoms with Crippen molar-refractivity contribution in [1.82, 2.24) is 14.9 Å². The highest BCUT2D eigenvalue weighted by Gasteiger charge is 2.39. The number of hydrogen-bond acceptors (Lipinski definition) is 4. The van der Waals surface area contributed by atoms with Crippen LogP contribution in [0.1, 0.15) is 6.92 Å². The Labute approximate surface area is 134 Å². The van der Waals surface area contributed by atoms with Gasteiger partial charge >= 0.3 is 11.9 Å². The number of hydrogen-bond donors (Lipinski definition) is 4. The summed E-state index contributed by atoms with van der Waals surface area (Å²) in [7, 11) is 1.31. The molecule has 0 radical (unpaired) electrons. The molecule has 4 N–H and O–H groups in total. The number of halogens is 3. The van der Waals surface area contributed by atoms with Gasteiger partial charge in [-0.05, 0) is 32.2 Å². The molecule has 1 amide bonds. The summed E-state index contributed by atoms with van der Waals surface area (Å²) in [5.41, 5.74) is 1.06. The molecule has 24 heavy (non-hydrogen) atoms. The standard InChI is InChI=1S/C14H17F3N4O3/c1-7(21(2)6-11(22)14(15,16)17)12(23)18-8-3-4-9-10(5-8)20-13(24)19-9/h3-5,7,11,22H,6H2,1-2H3,(H,18,23)(H2,19,20,24). The molecule has 2 rings (SSSR count). The van der Waals surface area contributed by atoms with Crippen molar-refractivity contribution in [1.29, 1.82) is 0 Å². The topological polar surface area (TPSA) is 101 Å². The number of aliphatic hydroxyl groups excluding tert-OH is 1. The van der Waals surface area contributed by atoms with Crippen LogP contribution in [-0.2, 0) is 4.79 Å². The molecule has 0 spiro atoms. The number of rotatable bonds is 5. The van der Waals surface area contributed by atoms with E-state index in [9.17, 15) is 22.8 Å². The number of likely N-dealkylation sites (N-methyl/N-ethyl adjacent to an activating group) is 1. The van der Waals surface area contributed by atoms with Crippen molar-refractivity contribution in [2.24, 2.45) is 0 Å². The van der Waals surface area contributed by atoms with Gasteiger partial charge < -0.3 is 20.4 Å². The van der Waals surface area contributed by atoms with Gasteiger partial charge in [-0.2, -0.15) is 13.2 Å². The van der Waals surface area contributed by atoms with Gasteiger partial charge in [0.1, 0.15) is 0 Å². The SMILES string of the molecule is CC(C(=O)Nc1ccc2[nH]c(=O)[nH]c2c1)N(C)CC(O)C(F)(F)F. The smallest absolute Gasteiger partial charge is 0.382 e. The fraction of sp³-hybridized carbons (Fsp3) is 0.429. The highest BCUT2D eigenvalue weighted by molar-refractivity contribution is 5.96. The van der Waals surface area contributed by atoms with E-state index in [-0.39, 0.29) is 5.69 Å². The third-order valence-electron chi connectivity index (χ3n) is 3.66. The van der Waals surface area contributed by atoms with Gasteiger partial charge in [-0.1, -0.05) is 0 Å². The van der Waals surface area contributed by atoms with Crippen LogP contribution in [0.2, 0.25) is 0 Å². The summed E-state index contributed by atoms with van der Waals surface area (Å²) in [6, 6.07) is 3.77. The molecular weight excluding hydrogens is 329 g/mol. The van der Waals surface area contributed by atoms with Gasteiger partial charge in [0, 0.05) is 12.2 Å². The van der Waals surface area contributed by atoms with Crippen molar-refractivity contribution in [3.05, 3.63) is 28.7 Å². The highest BCUT2D eigenvalue weighted by Crippen LogP contribution is 2.21. The van der Waals surface area contributed by atoms with Crippen molar-refractivity contribution in [2.75, 3.05) is 18.9 Å². The van der Waals surface area contributed by atoms with E-state index in [2.05, 4.69) is 15.3 Å². The Balaban J connectivity index is 2.02. The number of nitrogens with zero attached hydrogens (tertiary/aromatic N) is 1. The zero-order chi connectivity index (χ0) is 18.1. The molecule has 2 unspecified atom stereocenters. The lowest BCUT2D eigenvalue weighted by Crippen LogP contribution is -2.46. The Morgan fingerprint density at radius 1 is 1.33 bits per heavy atom. The fourth-order valence-corrected chi connectivity index (χ4v) is 2.09. The molecular formula is C14H17F3N4O3. The van der Waals surface area contributed by atoms with Gasteiger partial charge in [0.25, 0.3) is 0 Å². The number of H-pyrrole nitrogens is 2. The maximum Gasteiger partial charge on any atom is 0.415 e. The van der Waals surface area contributed by atoms with Crippen LogP contribution in [0.5, 0.6) is 0 Å². The highest BCUT2D eigenvalue weighted by atomic mass is 19.4.